The van der Waals surface area contributed by atoms with Crippen molar-refractivity contribution in [1.29, 1.82) is 0 Å². The van der Waals surface area contributed by atoms with Crippen LogP contribution in [0.2, 0.25) is 0 Å². The molecule has 35 heavy (non-hydrogen) atoms. The molecular formula is C24H28FN7O3. The van der Waals surface area contributed by atoms with Crippen LogP contribution in [0.25, 0.3) is 5.78 Å². The van der Waals surface area contributed by atoms with Crippen LogP contribution in [0.1, 0.15) is 64.7 Å². The first-order valence-electron chi connectivity index (χ1n) is 11.6. The Hall–Kier alpha value is -3.89. The first kappa shape index (κ1) is 24.2. The summed E-state index contributed by atoms with van der Waals surface area (Å²) in [5.74, 6) is -0.757. The van der Waals surface area contributed by atoms with Gasteiger partial charge in [-0.05, 0) is 55.7 Å². The molecule has 1 aliphatic carbocycles. The maximum atomic E-state index is 13.5. The number of amides is 3. The normalized spacial score (nSPS) is 17.7. The van der Waals surface area contributed by atoms with Gasteiger partial charge >= 0.3 is 0 Å². The van der Waals surface area contributed by atoms with Crippen LogP contribution >= 0.6 is 0 Å². The minimum Gasteiger partial charge on any atom is -0.354 e. The quantitative estimate of drug-likeness (QED) is 0.473. The minimum atomic E-state index is -0.483. The molecule has 0 atom stereocenters. The van der Waals surface area contributed by atoms with Gasteiger partial charge in [0, 0.05) is 32.1 Å². The molecule has 0 aliphatic heterocycles. The Kier molecular flexibility index (Phi) is 7.33. The van der Waals surface area contributed by atoms with Crippen LogP contribution in [0.3, 0.4) is 0 Å². The molecule has 1 aliphatic rings. The van der Waals surface area contributed by atoms with Gasteiger partial charge < -0.3 is 16.0 Å². The van der Waals surface area contributed by atoms with E-state index in [-0.39, 0.29) is 47.4 Å². The fourth-order valence-electron chi connectivity index (χ4n) is 4.31. The van der Waals surface area contributed by atoms with E-state index in [0.717, 1.165) is 31.2 Å². The van der Waals surface area contributed by atoms with Crippen LogP contribution in [0, 0.1) is 18.7 Å². The van der Waals surface area contributed by atoms with Crippen molar-refractivity contribution in [3.05, 3.63) is 58.9 Å². The number of carbonyl (C=O) groups excluding carboxylic acids is 3. The lowest BCUT2D eigenvalue weighted by molar-refractivity contribution is -0.119. The van der Waals surface area contributed by atoms with Crippen LogP contribution in [-0.2, 0) is 11.3 Å². The van der Waals surface area contributed by atoms with Gasteiger partial charge in [0.15, 0.2) is 0 Å². The molecule has 3 amide bonds. The standard InChI is InChI=1S/C24H28FN7O3/c1-14-9-17(5-8-19(14)25)12-26-22(34)20-10-21(32-24(31-20)28-13-29-32)23(35)27-11-16-3-6-18(7-4-16)30-15(2)33/h5,8-10,13,16,18H,3-4,6-7,11-12H2,1-2H3,(H,26,34)(H,27,35)(H,30,33). The number of nitrogens with one attached hydrogen (secondary N) is 3. The predicted octanol–water partition coefficient (Wildman–Crippen LogP) is 1.93. The zero-order valence-corrected chi connectivity index (χ0v) is 19.7. The Labute approximate surface area is 201 Å². The van der Waals surface area contributed by atoms with Gasteiger partial charge in [-0.2, -0.15) is 14.6 Å². The molecule has 1 saturated carbocycles. The summed E-state index contributed by atoms with van der Waals surface area (Å²) in [6.07, 6.45) is 4.82. The smallest absolute Gasteiger partial charge is 0.270 e. The average molecular weight is 482 g/mol. The van der Waals surface area contributed by atoms with E-state index in [0.29, 0.717) is 18.0 Å². The van der Waals surface area contributed by atoms with Crippen molar-refractivity contribution in [2.45, 2.75) is 52.1 Å². The van der Waals surface area contributed by atoms with E-state index in [1.807, 2.05) is 0 Å². The van der Waals surface area contributed by atoms with Crippen molar-refractivity contribution in [3.63, 3.8) is 0 Å². The van der Waals surface area contributed by atoms with E-state index < -0.39 is 5.91 Å². The van der Waals surface area contributed by atoms with Crippen LogP contribution in [-0.4, -0.2) is 49.9 Å². The molecule has 2 heterocycles. The molecule has 0 spiro atoms. The minimum absolute atomic E-state index is 0.0242. The van der Waals surface area contributed by atoms with E-state index in [1.54, 1.807) is 19.1 Å². The number of hydrogen-bond donors (Lipinski definition) is 3. The molecule has 10 nitrogen and oxygen atoms in total. The summed E-state index contributed by atoms with van der Waals surface area (Å²) >= 11 is 0. The van der Waals surface area contributed by atoms with Crippen molar-refractivity contribution in [2.75, 3.05) is 6.54 Å². The van der Waals surface area contributed by atoms with Crippen molar-refractivity contribution >= 4 is 23.5 Å². The third-order valence-corrected chi connectivity index (χ3v) is 6.20. The molecule has 0 bridgehead atoms. The number of aryl methyl sites for hydroxylation is 1. The first-order valence-corrected chi connectivity index (χ1v) is 11.6. The van der Waals surface area contributed by atoms with Gasteiger partial charge in [-0.3, -0.25) is 14.4 Å². The highest BCUT2D eigenvalue weighted by atomic mass is 19.1. The van der Waals surface area contributed by atoms with E-state index in [4.69, 9.17) is 0 Å². The Morgan fingerprint density at radius 2 is 1.86 bits per heavy atom. The fraction of sp³-hybridized carbons (Fsp3) is 0.417. The van der Waals surface area contributed by atoms with Gasteiger partial charge in [-0.1, -0.05) is 12.1 Å². The SMILES string of the molecule is CC(=O)NC1CCC(CNC(=O)c2cc(C(=O)NCc3ccc(F)c(C)c3)nc3ncnn23)CC1. The Balaban J connectivity index is 1.40. The molecule has 3 N–H and O–H groups in total. The fourth-order valence-corrected chi connectivity index (χ4v) is 4.31. The monoisotopic (exact) mass is 481 g/mol. The Morgan fingerprint density at radius 1 is 1.09 bits per heavy atom. The molecule has 1 aromatic carbocycles. The van der Waals surface area contributed by atoms with E-state index in [1.165, 1.54) is 29.9 Å². The lowest BCUT2D eigenvalue weighted by Gasteiger charge is -2.28. The molecule has 1 fully saturated rings. The highest BCUT2D eigenvalue weighted by molar-refractivity contribution is 5.98. The van der Waals surface area contributed by atoms with E-state index >= 15 is 0 Å². The molecular weight excluding hydrogens is 453 g/mol. The third-order valence-electron chi connectivity index (χ3n) is 6.20. The van der Waals surface area contributed by atoms with Crippen molar-refractivity contribution in [2.24, 2.45) is 5.92 Å². The lowest BCUT2D eigenvalue weighted by Crippen LogP contribution is -2.39. The zero-order valence-electron chi connectivity index (χ0n) is 19.7. The predicted molar refractivity (Wildman–Crippen MR) is 125 cm³/mol. The van der Waals surface area contributed by atoms with Crippen LogP contribution < -0.4 is 16.0 Å². The van der Waals surface area contributed by atoms with Crippen molar-refractivity contribution < 1.29 is 18.8 Å². The van der Waals surface area contributed by atoms with Gasteiger partial charge in [0.2, 0.25) is 5.91 Å². The Bertz CT molecular complexity index is 1250. The number of hydrogen-bond acceptors (Lipinski definition) is 6. The number of fused-ring (bicyclic) bond motifs is 1. The summed E-state index contributed by atoms with van der Waals surface area (Å²) in [6, 6.07) is 6.18. The van der Waals surface area contributed by atoms with Crippen LogP contribution in [0.5, 0.6) is 0 Å². The summed E-state index contributed by atoms with van der Waals surface area (Å²) in [5, 5.41) is 12.7. The topological polar surface area (TPSA) is 130 Å². The van der Waals surface area contributed by atoms with Crippen LogP contribution in [0.15, 0.2) is 30.6 Å². The number of nitrogens with zero attached hydrogens (tertiary/aromatic N) is 4. The summed E-state index contributed by atoms with van der Waals surface area (Å²) in [5.41, 5.74) is 1.42. The summed E-state index contributed by atoms with van der Waals surface area (Å²) in [7, 11) is 0. The van der Waals surface area contributed by atoms with Gasteiger partial charge in [0.05, 0.1) is 0 Å². The summed E-state index contributed by atoms with van der Waals surface area (Å²) in [4.78, 5) is 45.2. The molecule has 11 heteroatoms. The summed E-state index contributed by atoms with van der Waals surface area (Å²) < 4.78 is 14.8. The molecule has 0 unspecified atom stereocenters. The van der Waals surface area contributed by atoms with Crippen molar-refractivity contribution in [1.82, 2.24) is 35.5 Å². The largest absolute Gasteiger partial charge is 0.354 e. The number of rotatable bonds is 7. The molecule has 184 valence electrons. The van der Waals surface area contributed by atoms with Gasteiger partial charge in [-0.25, -0.2) is 9.37 Å². The summed E-state index contributed by atoms with van der Waals surface area (Å²) in [6.45, 7) is 3.84. The molecule has 0 radical (unpaired) electrons. The highest BCUT2D eigenvalue weighted by Crippen LogP contribution is 2.23. The zero-order chi connectivity index (χ0) is 24.9. The highest BCUT2D eigenvalue weighted by Gasteiger charge is 2.23. The van der Waals surface area contributed by atoms with Crippen LogP contribution in [0.4, 0.5) is 4.39 Å². The third kappa shape index (κ3) is 5.97. The molecule has 3 aromatic rings. The van der Waals surface area contributed by atoms with E-state index in [2.05, 4.69) is 31.0 Å². The maximum Gasteiger partial charge on any atom is 0.270 e. The molecule has 0 saturated heterocycles. The number of halogens is 1. The molecule has 4 rings (SSSR count). The number of aromatic nitrogens is 4. The second kappa shape index (κ2) is 10.6. The van der Waals surface area contributed by atoms with Gasteiger partial charge in [0.25, 0.3) is 17.6 Å². The van der Waals surface area contributed by atoms with Crippen molar-refractivity contribution in [3.8, 4) is 0 Å². The second-order valence-electron chi connectivity index (χ2n) is 8.89. The molecule has 2 aromatic heterocycles. The van der Waals surface area contributed by atoms with Gasteiger partial charge in [-0.15, -0.1) is 0 Å². The number of benzene rings is 1. The first-order chi connectivity index (χ1) is 16.8. The second-order valence-corrected chi connectivity index (χ2v) is 8.89. The van der Waals surface area contributed by atoms with Gasteiger partial charge in [0.1, 0.15) is 23.5 Å². The Morgan fingerprint density at radius 3 is 2.57 bits per heavy atom. The van der Waals surface area contributed by atoms with E-state index in [9.17, 15) is 18.8 Å². The average Bonchev–Trinajstić information content (AvgIpc) is 3.32. The number of carbonyl (C=O) groups is 3. The lowest BCUT2D eigenvalue weighted by atomic mass is 9.86. The maximum absolute atomic E-state index is 13.5.